The summed E-state index contributed by atoms with van der Waals surface area (Å²) in [6.45, 7) is -2.81. The molecule has 1 aromatic carbocycles. The summed E-state index contributed by atoms with van der Waals surface area (Å²) in [5.41, 5.74) is -0.137. The molecule has 2 aromatic heterocycles. The van der Waals surface area contributed by atoms with Crippen molar-refractivity contribution in [2.75, 3.05) is 31.8 Å². The van der Waals surface area contributed by atoms with Crippen LogP contribution in [0.1, 0.15) is 39.0 Å². The van der Waals surface area contributed by atoms with Gasteiger partial charge in [0.2, 0.25) is 5.91 Å². The van der Waals surface area contributed by atoms with Gasteiger partial charge in [0.1, 0.15) is 11.6 Å². The molecule has 1 aliphatic carbocycles. The summed E-state index contributed by atoms with van der Waals surface area (Å²) in [4.78, 5) is 29.1. The highest BCUT2D eigenvalue weighted by Crippen LogP contribution is 2.44. The predicted octanol–water partition coefficient (Wildman–Crippen LogP) is 3.68. The van der Waals surface area contributed by atoms with Crippen molar-refractivity contribution >= 4 is 40.0 Å². The molecule has 3 N–H and O–H groups in total. The van der Waals surface area contributed by atoms with Gasteiger partial charge in [0.05, 0.1) is 29.3 Å². The highest BCUT2D eigenvalue weighted by atomic mass is 19.4. The first-order chi connectivity index (χ1) is 18.2. The molecule has 0 radical (unpaired) electrons. The van der Waals surface area contributed by atoms with E-state index in [-0.39, 0.29) is 51.4 Å². The number of amides is 2. The maximum absolute atomic E-state index is 13.7. The van der Waals surface area contributed by atoms with Crippen LogP contribution < -0.4 is 20.7 Å². The quantitative estimate of drug-likeness (QED) is 0.424. The van der Waals surface area contributed by atoms with E-state index in [1.54, 1.807) is 7.05 Å². The molecule has 1 atom stereocenters. The van der Waals surface area contributed by atoms with Gasteiger partial charge in [-0.25, -0.2) is 4.98 Å². The first-order valence-electron chi connectivity index (χ1n) is 12.3. The first-order valence-corrected chi connectivity index (χ1v) is 10.8. The molecule has 2 heterocycles. The van der Waals surface area contributed by atoms with Crippen LogP contribution in [-0.4, -0.2) is 54.0 Å². The van der Waals surface area contributed by atoms with Gasteiger partial charge < -0.3 is 25.4 Å². The summed E-state index contributed by atoms with van der Waals surface area (Å²) in [6, 6.07) is 3.94. The number of aromatic nitrogens is 3. The largest absolute Gasteiger partial charge is 0.496 e. The third kappa shape index (κ3) is 4.78. The second kappa shape index (κ2) is 9.64. The zero-order chi connectivity index (χ0) is 28.7. The highest BCUT2D eigenvalue weighted by Gasteiger charge is 2.43. The Morgan fingerprint density at radius 3 is 2.64 bits per heavy atom. The Hall–Kier alpha value is -3.87. The number of carbonyl (C=O) groups is 2. The number of pyridine rings is 1. The molecule has 0 saturated heterocycles. The maximum Gasteiger partial charge on any atom is 0.418 e. The van der Waals surface area contributed by atoms with E-state index in [0.717, 1.165) is 26.1 Å². The zero-order valence-electron chi connectivity index (χ0n) is 22.5. The minimum atomic E-state index is -4.74. The fourth-order valence-corrected chi connectivity index (χ4v) is 3.87. The molecule has 0 unspecified atom stereocenters. The number of ether oxygens (including phenoxy) is 2. The molecule has 0 spiro atoms. The van der Waals surface area contributed by atoms with Crippen LogP contribution in [0, 0.1) is 5.92 Å². The van der Waals surface area contributed by atoms with Crippen molar-refractivity contribution in [3.05, 3.63) is 35.5 Å². The van der Waals surface area contributed by atoms with Crippen molar-refractivity contribution in [3.63, 3.8) is 0 Å². The number of nitrogens with one attached hydrogen (secondary N) is 3. The number of nitrogens with zero attached hydrogens (tertiary/aromatic N) is 3. The number of aryl methyl sites for hydroxylation is 1. The fraction of sp³-hybridized carbons (Fsp3) is 0.391. The molecule has 1 aliphatic rings. The highest BCUT2D eigenvalue weighted by molar-refractivity contribution is 6.04. The summed E-state index contributed by atoms with van der Waals surface area (Å²) >= 11 is 0. The molecule has 1 fully saturated rings. The topological polar surface area (TPSA) is 119 Å². The molecule has 3 aromatic rings. The average Bonchev–Trinajstić information content (AvgIpc) is 3.63. The van der Waals surface area contributed by atoms with E-state index in [1.165, 1.54) is 30.0 Å². The summed E-state index contributed by atoms with van der Waals surface area (Å²) in [7, 11) is 3.68. The zero-order valence-corrected chi connectivity index (χ0v) is 19.5. The molecule has 36 heavy (non-hydrogen) atoms. The van der Waals surface area contributed by atoms with E-state index < -0.39 is 25.2 Å². The minimum Gasteiger partial charge on any atom is -0.496 e. The van der Waals surface area contributed by atoms with Gasteiger partial charge in [-0.15, -0.1) is 0 Å². The number of anilines is 3. The number of hydrogen-bond acceptors (Lipinski definition) is 7. The summed E-state index contributed by atoms with van der Waals surface area (Å²) < 4.78 is 74.7. The fourth-order valence-electron chi connectivity index (χ4n) is 3.87. The van der Waals surface area contributed by atoms with Crippen molar-refractivity contribution in [2.24, 2.45) is 13.0 Å². The van der Waals surface area contributed by atoms with Gasteiger partial charge in [-0.05, 0) is 18.9 Å². The van der Waals surface area contributed by atoms with Crippen LogP contribution in [-0.2, 0) is 16.6 Å². The molecule has 2 amide bonds. The number of methoxy groups -OCH3 is 2. The monoisotopic (exact) mass is 509 g/mol. The third-order valence-electron chi connectivity index (χ3n) is 5.74. The number of hydrogen-bond donors (Lipinski definition) is 3. The van der Waals surface area contributed by atoms with E-state index >= 15 is 0 Å². The van der Waals surface area contributed by atoms with Crippen molar-refractivity contribution in [3.8, 4) is 5.75 Å². The van der Waals surface area contributed by atoms with Crippen LogP contribution in [0.15, 0.2) is 24.4 Å². The van der Waals surface area contributed by atoms with Crippen LogP contribution in [0.3, 0.4) is 0 Å². The molecular formula is C23H25F3N6O4. The average molecular weight is 510 g/mol. The number of fused-ring (bicyclic) bond motifs is 1. The lowest BCUT2D eigenvalue weighted by molar-refractivity contribution is -0.216. The first kappa shape index (κ1) is 21.4. The van der Waals surface area contributed by atoms with Crippen molar-refractivity contribution < 1.29 is 36.3 Å². The van der Waals surface area contributed by atoms with E-state index in [1.807, 2.05) is 5.32 Å². The summed E-state index contributed by atoms with van der Waals surface area (Å²) in [5.74, 6) is -1.51. The van der Waals surface area contributed by atoms with Crippen LogP contribution in [0.25, 0.3) is 10.9 Å². The van der Waals surface area contributed by atoms with Crippen molar-refractivity contribution in [2.45, 2.75) is 25.1 Å². The van der Waals surface area contributed by atoms with E-state index in [0.29, 0.717) is 5.52 Å². The van der Waals surface area contributed by atoms with E-state index in [9.17, 15) is 22.8 Å². The lowest BCUT2D eigenvalue weighted by Crippen LogP contribution is -2.23. The van der Waals surface area contributed by atoms with Crippen molar-refractivity contribution in [1.82, 2.24) is 20.1 Å². The molecule has 1 saturated carbocycles. The Balaban J connectivity index is 1.84. The molecule has 0 aliphatic heterocycles. The Labute approximate surface area is 208 Å². The Kier molecular flexibility index (Phi) is 5.74. The molecule has 0 bridgehead atoms. The number of benzene rings is 1. The number of rotatable bonds is 8. The van der Waals surface area contributed by atoms with Gasteiger partial charge in [0.25, 0.3) is 5.91 Å². The van der Waals surface area contributed by atoms with Crippen LogP contribution in [0.4, 0.5) is 30.5 Å². The summed E-state index contributed by atoms with van der Waals surface area (Å²) in [5, 5.41) is 11.9. The van der Waals surface area contributed by atoms with E-state index in [4.69, 9.17) is 13.6 Å². The van der Waals surface area contributed by atoms with Gasteiger partial charge in [-0.2, -0.15) is 18.3 Å². The lowest BCUT2D eigenvalue weighted by Gasteiger charge is -2.22. The van der Waals surface area contributed by atoms with Gasteiger partial charge in [-0.3, -0.25) is 14.3 Å². The summed E-state index contributed by atoms with van der Waals surface area (Å²) in [6.07, 6.45) is -4.50. The molecule has 10 nitrogen and oxygen atoms in total. The Bertz CT molecular complexity index is 1420. The van der Waals surface area contributed by atoms with Gasteiger partial charge in [-0.1, -0.05) is 6.07 Å². The maximum atomic E-state index is 13.7. The number of carbonyl (C=O) groups excluding carboxylic acids is 2. The Morgan fingerprint density at radius 1 is 1.28 bits per heavy atom. The molecule has 4 rings (SSSR count). The lowest BCUT2D eigenvalue weighted by atomic mass is 10.0. The molecule has 192 valence electrons. The second-order valence-corrected chi connectivity index (χ2v) is 8.17. The van der Waals surface area contributed by atoms with Crippen LogP contribution >= 0.6 is 0 Å². The number of alkyl halides is 3. The van der Waals surface area contributed by atoms with Crippen molar-refractivity contribution in [1.29, 1.82) is 0 Å². The van der Waals surface area contributed by atoms with Crippen LogP contribution in [0.5, 0.6) is 5.75 Å². The third-order valence-corrected chi connectivity index (χ3v) is 5.74. The van der Waals surface area contributed by atoms with Gasteiger partial charge in [0, 0.05) is 49.0 Å². The van der Waals surface area contributed by atoms with Gasteiger partial charge in [0.15, 0.2) is 11.9 Å². The molecular weight excluding hydrogens is 481 g/mol. The normalized spacial score (nSPS) is 16.0. The SMILES string of the molecule is [2H]C([2H])([2H])NC(=O)c1cnc(NC(=O)C2CC2)cc1Nc1nn(C)c2ccc([C@H](OC)C(F)(F)F)c(OC)c12. The van der Waals surface area contributed by atoms with E-state index in [2.05, 4.69) is 20.7 Å². The second-order valence-electron chi connectivity index (χ2n) is 8.17. The Morgan fingerprint density at radius 2 is 2.03 bits per heavy atom. The standard InChI is InChI=1S/C23H25F3N6O4/c1-27-22(34)13-10-28-16(30-21(33)11-5-6-11)9-14(13)29-20-17-15(32(2)31-20)8-7-12(18(17)35-3)19(36-4)23(24,25)26/h7-11,19H,5-6H2,1-4H3,(H,27,34)(H2,28,29,30,31,33)/t19-/m0/s1/i1D3. The number of halogens is 3. The van der Waals surface area contributed by atoms with Crippen LogP contribution in [0.2, 0.25) is 0 Å². The smallest absolute Gasteiger partial charge is 0.418 e. The molecule has 13 heteroatoms. The predicted molar refractivity (Wildman–Crippen MR) is 125 cm³/mol. The van der Waals surface area contributed by atoms with Gasteiger partial charge >= 0.3 is 6.18 Å². The minimum absolute atomic E-state index is 0.00293.